The number of methoxy groups -OCH3 is 1. The van der Waals surface area contributed by atoms with Gasteiger partial charge in [-0.3, -0.25) is 0 Å². The molecule has 0 amide bonds. The third-order valence-electron chi connectivity index (χ3n) is 4.57. The molecule has 1 aliphatic carbocycles. The molecule has 0 aromatic heterocycles. The number of esters is 1. The molecule has 1 aliphatic rings. The van der Waals surface area contributed by atoms with E-state index in [2.05, 4.69) is 4.74 Å². The Morgan fingerprint density at radius 2 is 2.00 bits per heavy atom. The number of hydrogen-bond donors (Lipinski definition) is 0. The van der Waals surface area contributed by atoms with E-state index in [-0.39, 0.29) is 21.7 Å². The number of hydrogen-bond acceptors (Lipinski definition) is 2. The Bertz CT molecular complexity index is 681. The largest absolute Gasteiger partial charge is 0.466 e. The maximum atomic E-state index is 13.5. The summed E-state index contributed by atoms with van der Waals surface area (Å²) in [6.07, 6.45) is -4.99. The standard InChI is InChI=1S/C16H15ClF4O2/c1-8-13(9-4-5-12(18)11(17)6-9)10(14(22)23-3)7-15(8,2)16(19,20)21/h4-6,8H,7H2,1-3H3. The molecule has 2 rings (SSSR count). The van der Waals surface area contributed by atoms with Crippen molar-refractivity contribution in [2.75, 3.05) is 7.11 Å². The number of carbonyl (C=O) groups is 1. The Labute approximate surface area is 136 Å². The number of benzene rings is 1. The highest BCUT2D eigenvalue weighted by Crippen LogP contribution is 2.58. The van der Waals surface area contributed by atoms with E-state index in [4.69, 9.17) is 11.6 Å². The molecule has 0 radical (unpaired) electrons. The highest BCUT2D eigenvalue weighted by atomic mass is 35.5. The minimum atomic E-state index is -4.50. The zero-order valence-electron chi connectivity index (χ0n) is 12.7. The summed E-state index contributed by atoms with van der Waals surface area (Å²) >= 11 is 5.73. The maximum absolute atomic E-state index is 13.5. The minimum absolute atomic E-state index is 0.0532. The molecular formula is C16H15ClF4O2. The first-order valence-electron chi connectivity index (χ1n) is 6.86. The Hall–Kier alpha value is -1.56. The fourth-order valence-electron chi connectivity index (χ4n) is 2.93. The number of carbonyl (C=O) groups excluding carboxylic acids is 1. The van der Waals surface area contributed by atoms with Gasteiger partial charge in [0.2, 0.25) is 0 Å². The van der Waals surface area contributed by atoms with Gasteiger partial charge in [0.15, 0.2) is 0 Å². The van der Waals surface area contributed by atoms with Crippen LogP contribution in [0.4, 0.5) is 17.6 Å². The van der Waals surface area contributed by atoms with Crippen LogP contribution in [0.25, 0.3) is 5.57 Å². The third-order valence-corrected chi connectivity index (χ3v) is 4.86. The quantitative estimate of drug-likeness (QED) is 0.553. The van der Waals surface area contributed by atoms with Crippen LogP contribution in [-0.4, -0.2) is 19.3 Å². The van der Waals surface area contributed by atoms with Crippen molar-refractivity contribution in [1.29, 1.82) is 0 Å². The summed E-state index contributed by atoms with van der Waals surface area (Å²) in [6, 6.07) is 3.61. The van der Waals surface area contributed by atoms with Crippen molar-refractivity contribution >= 4 is 23.1 Å². The van der Waals surface area contributed by atoms with Crippen LogP contribution < -0.4 is 0 Å². The van der Waals surface area contributed by atoms with Crippen LogP contribution in [0.15, 0.2) is 23.8 Å². The summed E-state index contributed by atoms with van der Waals surface area (Å²) in [5.41, 5.74) is -1.68. The summed E-state index contributed by atoms with van der Waals surface area (Å²) < 4.78 is 58.5. The average molecular weight is 351 g/mol. The SMILES string of the molecule is COC(=O)C1=C(c2ccc(F)c(Cl)c2)C(C)C(C)(C(F)(F)F)C1. The van der Waals surface area contributed by atoms with E-state index in [9.17, 15) is 22.4 Å². The fourth-order valence-corrected chi connectivity index (χ4v) is 3.11. The number of ether oxygens (including phenoxy) is 1. The molecule has 0 aliphatic heterocycles. The van der Waals surface area contributed by atoms with Gasteiger partial charge >= 0.3 is 12.1 Å². The summed E-state index contributed by atoms with van der Waals surface area (Å²) in [5, 5.41) is -0.216. The second-order valence-electron chi connectivity index (χ2n) is 5.83. The Kier molecular flexibility index (Phi) is 4.50. The highest BCUT2D eigenvalue weighted by molar-refractivity contribution is 6.31. The van der Waals surface area contributed by atoms with Gasteiger partial charge in [0, 0.05) is 5.57 Å². The van der Waals surface area contributed by atoms with Gasteiger partial charge in [-0.1, -0.05) is 31.5 Å². The maximum Gasteiger partial charge on any atom is 0.395 e. The van der Waals surface area contributed by atoms with Crippen molar-refractivity contribution in [2.45, 2.75) is 26.4 Å². The molecule has 2 unspecified atom stereocenters. The smallest absolute Gasteiger partial charge is 0.395 e. The van der Waals surface area contributed by atoms with Crippen molar-refractivity contribution < 1.29 is 27.1 Å². The number of allylic oxidation sites excluding steroid dienone is 1. The Morgan fingerprint density at radius 3 is 2.48 bits per heavy atom. The second kappa shape index (κ2) is 5.82. The topological polar surface area (TPSA) is 26.3 Å². The van der Waals surface area contributed by atoms with Crippen LogP contribution in [0.1, 0.15) is 25.8 Å². The van der Waals surface area contributed by atoms with Crippen LogP contribution in [0.2, 0.25) is 5.02 Å². The van der Waals surface area contributed by atoms with Crippen LogP contribution in [0.3, 0.4) is 0 Å². The Morgan fingerprint density at radius 1 is 1.39 bits per heavy atom. The monoisotopic (exact) mass is 350 g/mol. The second-order valence-corrected chi connectivity index (χ2v) is 6.23. The summed E-state index contributed by atoms with van der Waals surface area (Å²) in [6.45, 7) is 2.47. The molecule has 0 N–H and O–H groups in total. The molecule has 1 aromatic carbocycles. The van der Waals surface area contributed by atoms with Crippen molar-refractivity contribution in [3.05, 3.63) is 40.2 Å². The summed E-state index contributed by atoms with van der Waals surface area (Å²) in [7, 11) is 1.11. The first-order chi connectivity index (χ1) is 10.5. The average Bonchev–Trinajstić information content (AvgIpc) is 2.74. The first-order valence-corrected chi connectivity index (χ1v) is 7.24. The number of rotatable bonds is 2. The minimum Gasteiger partial charge on any atom is -0.466 e. The molecule has 1 aromatic rings. The normalized spacial score (nSPS) is 25.0. The predicted octanol–water partition coefficient (Wildman–Crippen LogP) is 5.01. The van der Waals surface area contributed by atoms with E-state index >= 15 is 0 Å². The van der Waals surface area contributed by atoms with Crippen molar-refractivity contribution in [2.24, 2.45) is 11.3 Å². The van der Waals surface area contributed by atoms with Gasteiger partial charge in [-0.05, 0) is 35.6 Å². The summed E-state index contributed by atoms with van der Waals surface area (Å²) in [5.74, 6) is -2.50. The first kappa shape index (κ1) is 17.8. The molecule has 0 saturated heterocycles. The lowest BCUT2D eigenvalue weighted by molar-refractivity contribution is -0.225. The van der Waals surface area contributed by atoms with E-state index in [0.29, 0.717) is 0 Å². The molecular weight excluding hydrogens is 336 g/mol. The van der Waals surface area contributed by atoms with E-state index in [0.717, 1.165) is 20.1 Å². The predicted molar refractivity (Wildman–Crippen MR) is 78.3 cm³/mol. The van der Waals surface area contributed by atoms with Gasteiger partial charge in [0.25, 0.3) is 0 Å². The molecule has 2 atom stereocenters. The van der Waals surface area contributed by atoms with Gasteiger partial charge < -0.3 is 4.74 Å². The van der Waals surface area contributed by atoms with Crippen molar-refractivity contribution in [3.63, 3.8) is 0 Å². The molecule has 2 nitrogen and oxygen atoms in total. The number of alkyl halides is 3. The molecule has 0 saturated carbocycles. The van der Waals surface area contributed by atoms with Gasteiger partial charge in [-0.25, -0.2) is 9.18 Å². The van der Waals surface area contributed by atoms with Gasteiger partial charge in [-0.2, -0.15) is 13.2 Å². The fraction of sp³-hybridized carbons (Fsp3) is 0.438. The lowest BCUT2D eigenvalue weighted by Gasteiger charge is -2.33. The van der Waals surface area contributed by atoms with E-state index in [1.165, 1.54) is 19.1 Å². The lowest BCUT2D eigenvalue weighted by Crippen LogP contribution is -2.38. The van der Waals surface area contributed by atoms with Crippen LogP contribution in [0.5, 0.6) is 0 Å². The van der Waals surface area contributed by atoms with Gasteiger partial charge in [0.1, 0.15) is 5.82 Å². The van der Waals surface area contributed by atoms with Gasteiger partial charge in [0.05, 0.1) is 17.5 Å². The number of halogens is 5. The molecule has 0 heterocycles. The molecule has 126 valence electrons. The van der Waals surface area contributed by atoms with Crippen LogP contribution >= 0.6 is 11.6 Å². The van der Waals surface area contributed by atoms with Crippen molar-refractivity contribution in [3.8, 4) is 0 Å². The summed E-state index contributed by atoms with van der Waals surface area (Å²) in [4.78, 5) is 12.0. The highest BCUT2D eigenvalue weighted by Gasteiger charge is 2.59. The molecule has 23 heavy (non-hydrogen) atoms. The Balaban J connectivity index is 2.63. The third kappa shape index (κ3) is 2.84. The van der Waals surface area contributed by atoms with E-state index < -0.39 is 35.7 Å². The van der Waals surface area contributed by atoms with E-state index in [1.54, 1.807) is 0 Å². The molecule has 7 heteroatoms. The van der Waals surface area contributed by atoms with Crippen molar-refractivity contribution in [1.82, 2.24) is 0 Å². The van der Waals surface area contributed by atoms with E-state index in [1.807, 2.05) is 0 Å². The molecule has 0 spiro atoms. The van der Waals surface area contributed by atoms with Crippen LogP contribution in [-0.2, 0) is 9.53 Å². The molecule has 0 fully saturated rings. The zero-order chi connectivity index (χ0) is 17.6. The zero-order valence-corrected chi connectivity index (χ0v) is 13.5. The molecule has 0 bridgehead atoms. The lowest BCUT2D eigenvalue weighted by atomic mass is 9.76. The van der Waals surface area contributed by atoms with Gasteiger partial charge in [-0.15, -0.1) is 0 Å². The van der Waals surface area contributed by atoms with Crippen LogP contribution in [0, 0.1) is 17.2 Å².